The van der Waals surface area contributed by atoms with Gasteiger partial charge >= 0.3 is 5.97 Å². The second-order valence-corrected chi connectivity index (χ2v) is 7.18. The van der Waals surface area contributed by atoms with Crippen LogP contribution in [0.4, 0.5) is 0 Å². The maximum atomic E-state index is 12.0. The minimum atomic E-state index is -0.559. The molecular formula is C18H16N2O3S2. The van der Waals surface area contributed by atoms with Gasteiger partial charge in [0.25, 0.3) is 5.91 Å². The number of rotatable bonds is 6. The molecule has 0 fully saturated rings. The zero-order valence-corrected chi connectivity index (χ0v) is 15.2. The predicted molar refractivity (Wildman–Crippen MR) is 100 cm³/mol. The van der Waals surface area contributed by atoms with Gasteiger partial charge in [0.1, 0.15) is 5.01 Å². The van der Waals surface area contributed by atoms with Gasteiger partial charge in [-0.1, -0.05) is 12.1 Å². The SMILES string of the molecule is CN(Cc1ccsc1)C(=O)COC(=O)/C=C/c1nc2ccccc2s1. The minimum Gasteiger partial charge on any atom is -0.452 e. The number of thiophene rings is 1. The Hall–Kier alpha value is -2.51. The van der Waals surface area contributed by atoms with Gasteiger partial charge in [0.2, 0.25) is 0 Å². The van der Waals surface area contributed by atoms with Crippen molar-refractivity contribution in [1.82, 2.24) is 9.88 Å². The average molecular weight is 372 g/mol. The summed E-state index contributed by atoms with van der Waals surface area (Å²) in [6, 6.07) is 9.72. The molecule has 0 N–H and O–H groups in total. The van der Waals surface area contributed by atoms with Crippen molar-refractivity contribution < 1.29 is 14.3 Å². The van der Waals surface area contributed by atoms with Crippen LogP contribution in [0.5, 0.6) is 0 Å². The lowest BCUT2D eigenvalue weighted by molar-refractivity contribution is -0.147. The lowest BCUT2D eigenvalue weighted by Crippen LogP contribution is -2.30. The number of amides is 1. The van der Waals surface area contributed by atoms with Crippen LogP contribution >= 0.6 is 22.7 Å². The number of carbonyl (C=O) groups excluding carboxylic acids is 2. The quantitative estimate of drug-likeness (QED) is 0.490. The number of ether oxygens (including phenoxy) is 1. The van der Waals surface area contributed by atoms with Crippen LogP contribution in [0.1, 0.15) is 10.6 Å². The molecule has 0 aliphatic heterocycles. The fourth-order valence-corrected chi connectivity index (χ4v) is 3.67. The topological polar surface area (TPSA) is 59.5 Å². The molecule has 3 aromatic rings. The van der Waals surface area contributed by atoms with Gasteiger partial charge in [0, 0.05) is 19.7 Å². The Labute approximate surface area is 153 Å². The van der Waals surface area contributed by atoms with Crippen molar-refractivity contribution in [1.29, 1.82) is 0 Å². The predicted octanol–water partition coefficient (Wildman–Crippen LogP) is 3.57. The maximum absolute atomic E-state index is 12.0. The molecule has 3 rings (SSSR count). The van der Waals surface area contributed by atoms with Gasteiger partial charge in [0.05, 0.1) is 10.2 Å². The molecule has 1 aromatic carbocycles. The van der Waals surface area contributed by atoms with Gasteiger partial charge in [-0.15, -0.1) is 11.3 Å². The molecule has 128 valence electrons. The third kappa shape index (κ3) is 4.74. The number of likely N-dealkylation sites (N-methyl/N-ethyl adjacent to an activating group) is 1. The Morgan fingerprint density at radius 1 is 1.28 bits per heavy atom. The third-order valence-electron chi connectivity index (χ3n) is 3.44. The van der Waals surface area contributed by atoms with E-state index < -0.39 is 5.97 Å². The molecule has 2 heterocycles. The van der Waals surface area contributed by atoms with E-state index in [4.69, 9.17) is 4.74 Å². The summed E-state index contributed by atoms with van der Waals surface area (Å²) in [4.78, 5) is 29.7. The van der Waals surface area contributed by atoms with E-state index in [1.807, 2.05) is 41.1 Å². The number of esters is 1. The van der Waals surface area contributed by atoms with Crippen LogP contribution in [0.25, 0.3) is 16.3 Å². The summed E-state index contributed by atoms with van der Waals surface area (Å²) in [7, 11) is 1.69. The molecule has 0 spiro atoms. The zero-order valence-electron chi connectivity index (χ0n) is 13.5. The largest absolute Gasteiger partial charge is 0.452 e. The molecule has 2 aromatic heterocycles. The van der Waals surface area contributed by atoms with E-state index in [2.05, 4.69) is 4.98 Å². The number of benzene rings is 1. The zero-order chi connectivity index (χ0) is 17.6. The highest BCUT2D eigenvalue weighted by atomic mass is 32.1. The third-order valence-corrected chi connectivity index (χ3v) is 5.17. The van der Waals surface area contributed by atoms with E-state index in [1.54, 1.807) is 24.5 Å². The normalized spacial score (nSPS) is 11.1. The number of nitrogens with zero attached hydrogens (tertiary/aromatic N) is 2. The van der Waals surface area contributed by atoms with Crippen molar-refractivity contribution in [2.45, 2.75) is 6.54 Å². The van der Waals surface area contributed by atoms with Gasteiger partial charge in [-0.25, -0.2) is 9.78 Å². The molecule has 1 amide bonds. The van der Waals surface area contributed by atoms with Crippen LogP contribution in [0.15, 0.2) is 47.2 Å². The van der Waals surface area contributed by atoms with E-state index in [-0.39, 0.29) is 12.5 Å². The Morgan fingerprint density at radius 3 is 2.88 bits per heavy atom. The highest BCUT2D eigenvalue weighted by molar-refractivity contribution is 7.19. The molecule has 0 aliphatic rings. The van der Waals surface area contributed by atoms with Gasteiger partial charge in [-0.3, -0.25) is 4.79 Å². The van der Waals surface area contributed by atoms with Crippen molar-refractivity contribution in [2.24, 2.45) is 0 Å². The first-order valence-corrected chi connectivity index (χ1v) is 9.33. The fraction of sp³-hybridized carbons (Fsp3) is 0.167. The van der Waals surface area contributed by atoms with Crippen LogP contribution in [-0.4, -0.2) is 35.4 Å². The molecule has 0 saturated heterocycles. The van der Waals surface area contributed by atoms with Crippen molar-refractivity contribution in [3.63, 3.8) is 0 Å². The van der Waals surface area contributed by atoms with Crippen molar-refractivity contribution in [3.8, 4) is 0 Å². The first-order chi connectivity index (χ1) is 12.1. The Bertz CT molecular complexity index is 867. The van der Waals surface area contributed by atoms with Gasteiger partial charge in [-0.2, -0.15) is 11.3 Å². The Morgan fingerprint density at radius 2 is 2.12 bits per heavy atom. The number of para-hydroxylation sites is 1. The van der Waals surface area contributed by atoms with Crippen LogP contribution in [-0.2, 0) is 20.9 Å². The van der Waals surface area contributed by atoms with E-state index in [0.717, 1.165) is 20.8 Å². The minimum absolute atomic E-state index is 0.243. The molecular weight excluding hydrogens is 356 g/mol. The standard InChI is InChI=1S/C18H16N2O3S2/c1-20(10-13-8-9-24-12-13)17(21)11-23-18(22)7-6-16-19-14-4-2-3-5-15(14)25-16/h2-9,12H,10-11H2,1H3/b7-6+. The smallest absolute Gasteiger partial charge is 0.331 e. The molecule has 0 atom stereocenters. The number of carbonyl (C=O) groups is 2. The number of hydrogen-bond donors (Lipinski definition) is 0. The molecule has 5 nitrogen and oxygen atoms in total. The van der Waals surface area contributed by atoms with Crippen LogP contribution in [0.3, 0.4) is 0 Å². The number of aromatic nitrogens is 1. The van der Waals surface area contributed by atoms with E-state index >= 15 is 0 Å². The van der Waals surface area contributed by atoms with Crippen molar-refractivity contribution in [3.05, 3.63) is 57.7 Å². The van der Waals surface area contributed by atoms with Crippen molar-refractivity contribution >= 4 is 50.8 Å². The molecule has 0 radical (unpaired) electrons. The summed E-state index contributed by atoms with van der Waals surface area (Å²) in [5, 5.41) is 4.66. The summed E-state index contributed by atoms with van der Waals surface area (Å²) >= 11 is 3.07. The van der Waals surface area contributed by atoms with Crippen LogP contribution in [0.2, 0.25) is 0 Å². The summed E-state index contributed by atoms with van der Waals surface area (Å²) in [5.74, 6) is -0.801. The fourth-order valence-electron chi connectivity index (χ4n) is 2.14. The van der Waals surface area contributed by atoms with Gasteiger partial charge < -0.3 is 9.64 Å². The van der Waals surface area contributed by atoms with E-state index in [9.17, 15) is 9.59 Å². The second-order valence-electron chi connectivity index (χ2n) is 5.34. The maximum Gasteiger partial charge on any atom is 0.331 e. The number of fused-ring (bicyclic) bond motifs is 1. The lowest BCUT2D eigenvalue weighted by atomic mass is 10.3. The summed E-state index contributed by atoms with van der Waals surface area (Å²) in [6.45, 7) is 0.227. The first-order valence-electron chi connectivity index (χ1n) is 7.57. The summed E-state index contributed by atoms with van der Waals surface area (Å²) < 4.78 is 6.06. The second kappa shape index (κ2) is 8.04. The highest BCUT2D eigenvalue weighted by Gasteiger charge is 2.11. The Kier molecular flexibility index (Phi) is 5.57. The lowest BCUT2D eigenvalue weighted by Gasteiger charge is -2.15. The molecule has 0 bridgehead atoms. The molecule has 0 unspecified atom stereocenters. The molecule has 0 aliphatic carbocycles. The van der Waals surface area contributed by atoms with Gasteiger partial charge in [0.15, 0.2) is 6.61 Å². The van der Waals surface area contributed by atoms with E-state index in [0.29, 0.717) is 6.54 Å². The number of hydrogen-bond acceptors (Lipinski definition) is 6. The number of thiazole rings is 1. The molecule has 0 saturated carbocycles. The van der Waals surface area contributed by atoms with Crippen molar-refractivity contribution in [2.75, 3.05) is 13.7 Å². The monoisotopic (exact) mass is 372 g/mol. The van der Waals surface area contributed by atoms with Crippen LogP contribution < -0.4 is 0 Å². The summed E-state index contributed by atoms with van der Waals surface area (Å²) in [5.41, 5.74) is 1.95. The first kappa shape index (κ1) is 17.3. The summed E-state index contributed by atoms with van der Waals surface area (Å²) in [6.07, 6.45) is 2.90. The van der Waals surface area contributed by atoms with Gasteiger partial charge in [-0.05, 0) is 40.6 Å². The Balaban J connectivity index is 1.49. The highest BCUT2D eigenvalue weighted by Crippen LogP contribution is 2.22. The van der Waals surface area contributed by atoms with Crippen LogP contribution in [0, 0.1) is 0 Å². The van der Waals surface area contributed by atoms with E-state index in [1.165, 1.54) is 22.3 Å². The molecule has 7 heteroatoms. The average Bonchev–Trinajstić information content (AvgIpc) is 3.26. The molecule has 25 heavy (non-hydrogen) atoms.